The molecule has 0 aliphatic rings. The average molecular weight is 301 g/mol. The molecule has 0 radical (unpaired) electrons. The Morgan fingerprint density at radius 2 is 1.85 bits per heavy atom. The third kappa shape index (κ3) is 4.67. The number of benzene rings is 1. The fourth-order valence-electron chi connectivity index (χ4n) is 1.60. The number of nitrogens with zero attached hydrogens (tertiary/aromatic N) is 2. The van der Waals surface area contributed by atoms with Crippen LogP contribution < -0.4 is 5.73 Å². The zero-order valence-electron chi connectivity index (χ0n) is 11.1. The van der Waals surface area contributed by atoms with Gasteiger partial charge in [0.25, 0.3) is 11.4 Å². The fraction of sp³-hybridized carbons (Fsp3) is 0.455. The molecule has 0 aliphatic carbocycles. The Labute approximate surface area is 117 Å². The van der Waals surface area contributed by atoms with Gasteiger partial charge in [-0.25, -0.2) is 0 Å². The summed E-state index contributed by atoms with van der Waals surface area (Å²) in [5.41, 5.74) is 4.51. The Hall–Kier alpha value is -1.87. The van der Waals surface area contributed by atoms with E-state index in [0.717, 1.165) is 12.1 Å². The summed E-state index contributed by atoms with van der Waals surface area (Å²) >= 11 is 0. The van der Waals surface area contributed by atoms with Gasteiger partial charge in [-0.1, -0.05) is 0 Å². The number of hydrogen-bond acceptors (Lipinski definition) is 6. The minimum atomic E-state index is -1.38. The van der Waals surface area contributed by atoms with Gasteiger partial charge in [0.05, 0.1) is 21.7 Å². The Morgan fingerprint density at radius 3 is 2.30 bits per heavy atom. The van der Waals surface area contributed by atoms with Crippen molar-refractivity contribution in [2.45, 2.75) is 25.1 Å². The molecule has 1 unspecified atom stereocenters. The molecule has 0 aliphatic heterocycles. The molecule has 0 saturated heterocycles. The van der Waals surface area contributed by atoms with Crippen molar-refractivity contribution in [1.29, 1.82) is 0 Å². The molecule has 1 aromatic rings. The standard InChI is InChI=1S/C11H15N3O5S/c1-11(2,12)7-20(19)6-8-3-4-9(13(15)16)5-10(8)14(17)18/h3-5H,6-7,12H2,1-2H3. The molecule has 1 aromatic carbocycles. The van der Waals surface area contributed by atoms with Crippen molar-refractivity contribution >= 4 is 22.2 Å². The molecule has 8 nitrogen and oxygen atoms in total. The summed E-state index contributed by atoms with van der Waals surface area (Å²) in [4.78, 5) is 20.1. The predicted octanol–water partition coefficient (Wildman–Crippen LogP) is 1.49. The Bertz CT molecular complexity index is 568. The fourth-order valence-corrected chi connectivity index (χ4v) is 3.12. The van der Waals surface area contributed by atoms with E-state index < -0.39 is 31.9 Å². The van der Waals surface area contributed by atoms with Gasteiger partial charge in [0.15, 0.2) is 0 Å². The Kier molecular flexibility index (Phi) is 4.90. The van der Waals surface area contributed by atoms with Crippen LogP contribution in [0.2, 0.25) is 0 Å². The van der Waals surface area contributed by atoms with Crippen LogP contribution in [0.3, 0.4) is 0 Å². The maximum absolute atomic E-state index is 11.9. The van der Waals surface area contributed by atoms with E-state index in [0.29, 0.717) is 0 Å². The second-order valence-electron chi connectivity index (χ2n) is 5.04. The Morgan fingerprint density at radius 1 is 1.25 bits per heavy atom. The highest BCUT2D eigenvalue weighted by Crippen LogP contribution is 2.26. The highest BCUT2D eigenvalue weighted by Gasteiger charge is 2.22. The van der Waals surface area contributed by atoms with E-state index in [4.69, 9.17) is 5.73 Å². The maximum Gasteiger partial charge on any atom is 0.280 e. The van der Waals surface area contributed by atoms with Gasteiger partial charge < -0.3 is 5.73 Å². The summed E-state index contributed by atoms with van der Waals surface area (Å²) in [5, 5.41) is 21.5. The van der Waals surface area contributed by atoms with Crippen LogP contribution in [-0.2, 0) is 16.6 Å². The van der Waals surface area contributed by atoms with Crippen LogP contribution in [0.4, 0.5) is 11.4 Å². The molecule has 1 atom stereocenters. The topological polar surface area (TPSA) is 129 Å². The van der Waals surface area contributed by atoms with Crippen molar-refractivity contribution in [1.82, 2.24) is 0 Å². The monoisotopic (exact) mass is 301 g/mol. The minimum Gasteiger partial charge on any atom is -0.325 e. The van der Waals surface area contributed by atoms with Crippen LogP contribution in [0, 0.1) is 20.2 Å². The van der Waals surface area contributed by atoms with Crippen molar-refractivity contribution in [3.05, 3.63) is 44.0 Å². The van der Waals surface area contributed by atoms with E-state index in [-0.39, 0.29) is 22.8 Å². The lowest BCUT2D eigenvalue weighted by molar-refractivity contribution is -0.394. The minimum absolute atomic E-state index is 0.0606. The highest BCUT2D eigenvalue weighted by atomic mass is 32.2. The third-order valence-corrected chi connectivity index (χ3v) is 4.02. The lowest BCUT2D eigenvalue weighted by Crippen LogP contribution is -2.38. The number of nitro groups is 2. The van der Waals surface area contributed by atoms with Gasteiger partial charge in [-0.15, -0.1) is 0 Å². The van der Waals surface area contributed by atoms with Crippen LogP contribution in [0.5, 0.6) is 0 Å². The van der Waals surface area contributed by atoms with Gasteiger partial charge in [-0.3, -0.25) is 24.4 Å². The van der Waals surface area contributed by atoms with E-state index in [1.165, 1.54) is 6.07 Å². The summed E-state index contributed by atoms with van der Waals surface area (Å²) in [5.74, 6) is 0.121. The van der Waals surface area contributed by atoms with Crippen LogP contribution in [-0.4, -0.2) is 25.3 Å². The van der Waals surface area contributed by atoms with Crippen molar-refractivity contribution in [3.63, 3.8) is 0 Å². The average Bonchev–Trinajstić information content (AvgIpc) is 2.25. The molecule has 2 N–H and O–H groups in total. The van der Waals surface area contributed by atoms with Crippen LogP contribution in [0.15, 0.2) is 18.2 Å². The van der Waals surface area contributed by atoms with Gasteiger partial charge in [0.2, 0.25) is 0 Å². The molecule has 20 heavy (non-hydrogen) atoms. The SMILES string of the molecule is CC(C)(N)CS(=O)Cc1ccc([N+](=O)[O-])cc1[N+](=O)[O-]. The zero-order valence-corrected chi connectivity index (χ0v) is 11.9. The summed E-state index contributed by atoms with van der Waals surface area (Å²) in [6.45, 7) is 3.41. The van der Waals surface area contributed by atoms with Crippen LogP contribution >= 0.6 is 0 Å². The first-order valence-electron chi connectivity index (χ1n) is 5.66. The van der Waals surface area contributed by atoms with Gasteiger partial charge >= 0.3 is 0 Å². The quantitative estimate of drug-likeness (QED) is 0.625. The molecule has 0 fully saturated rings. The molecule has 110 valence electrons. The van der Waals surface area contributed by atoms with E-state index >= 15 is 0 Å². The van der Waals surface area contributed by atoms with E-state index in [1.807, 2.05) is 0 Å². The number of rotatable bonds is 6. The molecule has 0 saturated carbocycles. The Balaban J connectivity index is 3.03. The smallest absolute Gasteiger partial charge is 0.280 e. The number of nitro benzene ring substituents is 2. The molecule has 9 heteroatoms. The second kappa shape index (κ2) is 6.06. The molecule has 0 amide bonds. The number of non-ortho nitro benzene ring substituents is 1. The second-order valence-corrected chi connectivity index (χ2v) is 6.50. The number of hydrogen-bond donors (Lipinski definition) is 1. The molecular formula is C11H15N3O5S. The molecule has 0 aromatic heterocycles. The van der Waals surface area contributed by atoms with Crippen LogP contribution in [0.25, 0.3) is 0 Å². The first-order valence-corrected chi connectivity index (χ1v) is 7.14. The van der Waals surface area contributed by atoms with Crippen molar-refractivity contribution in [2.75, 3.05) is 5.75 Å². The third-order valence-electron chi connectivity index (χ3n) is 2.33. The molecular weight excluding hydrogens is 286 g/mol. The molecule has 0 spiro atoms. The van der Waals surface area contributed by atoms with E-state index in [2.05, 4.69) is 0 Å². The van der Waals surface area contributed by atoms with Gasteiger partial charge in [0.1, 0.15) is 0 Å². The van der Waals surface area contributed by atoms with E-state index in [1.54, 1.807) is 13.8 Å². The predicted molar refractivity (Wildman–Crippen MR) is 74.7 cm³/mol. The van der Waals surface area contributed by atoms with E-state index in [9.17, 15) is 24.4 Å². The van der Waals surface area contributed by atoms with Crippen molar-refractivity contribution in [2.24, 2.45) is 5.73 Å². The van der Waals surface area contributed by atoms with Gasteiger partial charge in [-0.05, 0) is 19.9 Å². The van der Waals surface area contributed by atoms with Crippen molar-refractivity contribution in [3.8, 4) is 0 Å². The summed E-state index contributed by atoms with van der Waals surface area (Å²) in [6, 6.07) is 3.30. The largest absolute Gasteiger partial charge is 0.325 e. The normalized spacial score (nSPS) is 12.9. The first-order chi connectivity index (χ1) is 9.10. The summed E-state index contributed by atoms with van der Waals surface area (Å²) in [7, 11) is -1.38. The maximum atomic E-state index is 11.9. The molecule has 0 bridgehead atoms. The lowest BCUT2D eigenvalue weighted by Gasteiger charge is -2.17. The summed E-state index contributed by atoms with van der Waals surface area (Å²) in [6.07, 6.45) is 0. The number of nitrogens with two attached hydrogens (primary N) is 1. The molecule has 0 heterocycles. The zero-order chi connectivity index (χ0) is 15.5. The van der Waals surface area contributed by atoms with Gasteiger partial charge in [-0.2, -0.15) is 0 Å². The summed E-state index contributed by atoms with van der Waals surface area (Å²) < 4.78 is 11.9. The van der Waals surface area contributed by atoms with Gasteiger partial charge in [0, 0.05) is 33.7 Å². The van der Waals surface area contributed by atoms with Crippen LogP contribution in [0.1, 0.15) is 19.4 Å². The highest BCUT2D eigenvalue weighted by molar-refractivity contribution is 7.84. The first kappa shape index (κ1) is 16.2. The van der Waals surface area contributed by atoms with Crippen molar-refractivity contribution < 1.29 is 14.1 Å². The lowest BCUT2D eigenvalue weighted by atomic mass is 10.1. The molecule has 1 rings (SSSR count).